The zero-order valence-corrected chi connectivity index (χ0v) is 9.82. The Bertz CT molecular complexity index is 368. The summed E-state index contributed by atoms with van der Waals surface area (Å²) in [4.78, 5) is 10.1. The van der Waals surface area contributed by atoms with Gasteiger partial charge in [0, 0.05) is 6.54 Å². The Kier molecular flexibility index (Phi) is 4.53. The zero-order valence-electron chi connectivity index (χ0n) is 9.82. The first kappa shape index (κ1) is 12.1. The van der Waals surface area contributed by atoms with Gasteiger partial charge in [-0.3, -0.25) is 4.79 Å². The van der Waals surface area contributed by atoms with Gasteiger partial charge in [0.05, 0.1) is 19.3 Å². The van der Waals surface area contributed by atoms with Crippen molar-refractivity contribution in [2.24, 2.45) is 0 Å². The topological polar surface area (TPSA) is 50.4 Å². The minimum Gasteiger partial charge on any atom is -0.375 e. The van der Waals surface area contributed by atoms with Crippen molar-refractivity contribution in [3.8, 4) is 0 Å². The molecule has 1 aliphatic heterocycles. The van der Waals surface area contributed by atoms with E-state index >= 15 is 0 Å². The van der Waals surface area contributed by atoms with E-state index < -0.39 is 0 Å². The van der Waals surface area contributed by atoms with Crippen molar-refractivity contribution in [2.45, 2.75) is 19.1 Å². The van der Waals surface area contributed by atoms with Crippen LogP contribution < -0.4 is 10.6 Å². The van der Waals surface area contributed by atoms with Gasteiger partial charge in [-0.05, 0) is 24.1 Å². The van der Waals surface area contributed by atoms with E-state index in [0.717, 1.165) is 26.0 Å². The molecule has 4 nitrogen and oxygen atoms in total. The minimum atomic E-state index is 0.274. The van der Waals surface area contributed by atoms with Crippen LogP contribution in [-0.4, -0.2) is 26.1 Å². The predicted octanol–water partition coefficient (Wildman–Crippen LogP) is 0.984. The van der Waals surface area contributed by atoms with Gasteiger partial charge in [-0.2, -0.15) is 0 Å². The van der Waals surface area contributed by atoms with E-state index in [0.29, 0.717) is 13.2 Å². The number of ether oxygens (including phenoxy) is 1. The fraction of sp³-hybridized carbons (Fsp3) is 0.462. The number of carbonyl (C=O) groups is 1. The molecule has 2 N–H and O–H groups in total. The highest BCUT2D eigenvalue weighted by molar-refractivity contribution is 5.45. The minimum absolute atomic E-state index is 0.274. The first-order valence-electron chi connectivity index (χ1n) is 5.98. The van der Waals surface area contributed by atoms with Crippen LogP contribution in [-0.2, 0) is 16.1 Å². The Morgan fingerprint density at radius 2 is 2.24 bits per heavy atom. The van der Waals surface area contributed by atoms with Gasteiger partial charge in [0.1, 0.15) is 0 Å². The van der Waals surface area contributed by atoms with Gasteiger partial charge in [-0.15, -0.1) is 0 Å². The molecule has 1 aliphatic rings. The summed E-state index contributed by atoms with van der Waals surface area (Å²) in [5.41, 5.74) is 2.60. The molecule has 0 spiro atoms. The molecule has 0 saturated heterocycles. The molecule has 1 heterocycles. The highest BCUT2D eigenvalue weighted by Gasteiger charge is 2.18. The third-order valence-corrected chi connectivity index (χ3v) is 2.94. The molecule has 17 heavy (non-hydrogen) atoms. The standard InChI is InChI=1S/C13H18N2O2/c16-10-14-6-3-7-15-13-9-17-8-11-4-1-2-5-12(11)13/h1-2,4-5,10,13,15H,3,6-9H2,(H,14,16). The van der Waals surface area contributed by atoms with Crippen LogP contribution in [0.25, 0.3) is 0 Å². The molecule has 0 aliphatic carbocycles. The summed E-state index contributed by atoms with van der Waals surface area (Å²) in [7, 11) is 0. The summed E-state index contributed by atoms with van der Waals surface area (Å²) in [5, 5.41) is 6.11. The van der Waals surface area contributed by atoms with Crippen molar-refractivity contribution in [3.05, 3.63) is 35.4 Å². The van der Waals surface area contributed by atoms with Crippen LogP contribution in [0.3, 0.4) is 0 Å². The normalized spacial score (nSPS) is 18.5. The predicted molar refractivity (Wildman–Crippen MR) is 65.5 cm³/mol. The van der Waals surface area contributed by atoms with Gasteiger partial charge in [0.25, 0.3) is 0 Å². The van der Waals surface area contributed by atoms with Crippen molar-refractivity contribution >= 4 is 6.41 Å². The lowest BCUT2D eigenvalue weighted by atomic mass is 9.99. The van der Waals surface area contributed by atoms with E-state index in [1.807, 2.05) is 6.07 Å². The molecule has 1 unspecified atom stereocenters. The average molecular weight is 234 g/mol. The molecule has 0 fully saturated rings. The Morgan fingerprint density at radius 1 is 1.35 bits per heavy atom. The summed E-state index contributed by atoms with van der Waals surface area (Å²) in [6.07, 6.45) is 1.66. The summed E-state index contributed by atoms with van der Waals surface area (Å²) in [5.74, 6) is 0. The van der Waals surface area contributed by atoms with E-state index in [2.05, 4.69) is 28.8 Å². The van der Waals surface area contributed by atoms with Gasteiger partial charge in [0.2, 0.25) is 6.41 Å². The van der Waals surface area contributed by atoms with E-state index in [1.165, 1.54) is 11.1 Å². The Labute approximate surface area is 101 Å². The molecule has 1 aromatic rings. The highest BCUT2D eigenvalue weighted by Crippen LogP contribution is 2.24. The summed E-state index contributed by atoms with van der Waals surface area (Å²) in [6, 6.07) is 8.64. The first-order chi connectivity index (χ1) is 8.42. The quantitative estimate of drug-likeness (QED) is 0.570. The number of rotatable bonds is 6. The molecule has 4 heteroatoms. The van der Waals surface area contributed by atoms with Crippen molar-refractivity contribution in [1.29, 1.82) is 0 Å². The van der Waals surface area contributed by atoms with E-state index in [4.69, 9.17) is 4.74 Å². The van der Waals surface area contributed by atoms with Crippen LogP contribution in [0.4, 0.5) is 0 Å². The molecule has 0 bridgehead atoms. The molecular weight excluding hydrogens is 216 g/mol. The monoisotopic (exact) mass is 234 g/mol. The molecule has 1 amide bonds. The molecule has 2 rings (SSSR count). The highest BCUT2D eigenvalue weighted by atomic mass is 16.5. The first-order valence-corrected chi connectivity index (χ1v) is 5.98. The average Bonchev–Trinajstić information content (AvgIpc) is 2.39. The van der Waals surface area contributed by atoms with Crippen LogP contribution in [0.2, 0.25) is 0 Å². The van der Waals surface area contributed by atoms with Crippen LogP contribution in [0.5, 0.6) is 0 Å². The van der Waals surface area contributed by atoms with Gasteiger partial charge in [-0.1, -0.05) is 24.3 Å². The molecular formula is C13H18N2O2. The van der Waals surface area contributed by atoms with Gasteiger partial charge >= 0.3 is 0 Å². The Morgan fingerprint density at radius 3 is 3.12 bits per heavy atom. The van der Waals surface area contributed by atoms with Crippen molar-refractivity contribution in [2.75, 3.05) is 19.7 Å². The van der Waals surface area contributed by atoms with Gasteiger partial charge < -0.3 is 15.4 Å². The molecule has 1 aromatic carbocycles. The van der Waals surface area contributed by atoms with Crippen LogP contribution >= 0.6 is 0 Å². The van der Waals surface area contributed by atoms with E-state index in [1.54, 1.807) is 0 Å². The number of carbonyl (C=O) groups excluding carboxylic acids is 1. The van der Waals surface area contributed by atoms with Crippen LogP contribution in [0.1, 0.15) is 23.6 Å². The van der Waals surface area contributed by atoms with Crippen molar-refractivity contribution < 1.29 is 9.53 Å². The third kappa shape index (κ3) is 3.28. The number of nitrogens with one attached hydrogen (secondary N) is 2. The smallest absolute Gasteiger partial charge is 0.207 e. The SMILES string of the molecule is O=CNCCCNC1COCc2ccccc21. The maximum Gasteiger partial charge on any atom is 0.207 e. The lowest BCUT2D eigenvalue weighted by molar-refractivity contribution is -0.109. The lowest BCUT2D eigenvalue weighted by Gasteiger charge is -2.26. The van der Waals surface area contributed by atoms with Crippen LogP contribution in [0, 0.1) is 0 Å². The molecule has 0 radical (unpaired) electrons. The molecule has 92 valence electrons. The van der Waals surface area contributed by atoms with Gasteiger partial charge in [-0.25, -0.2) is 0 Å². The summed E-state index contributed by atoms with van der Waals surface area (Å²) < 4.78 is 5.55. The second kappa shape index (κ2) is 6.37. The largest absolute Gasteiger partial charge is 0.375 e. The molecule has 0 saturated carbocycles. The van der Waals surface area contributed by atoms with E-state index in [9.17, 15) is 4.79 Å². The fourth-order valence-electron chi connectivity index (χ4n) is 2.08. The Hall–Kier alpha value is -1.39. The number of hydrogen-bond acceptors (Lipinski definition) is 3. The Balaban J connectivity index is 1.84. The van der Waals surface area contributed by atoms with E-state index in [-0.39, 0.29) is 6.04 Å². The fourth-order valence-corrected chi connectivity index (χ4v) is 2.08. The van der Waals surface area contributed by atoms with Crippen molar-refractivity contribution in [3.63, 3.8) is 0 Å². The molecule has 0 aromatic heterocycles. The lowest BCUT2D eigenvalue weighted by Crippen LogP contribution is -2.31. The number of fused-ring (bicyclic) bond motifs is 1. The maximum absolute atomic E-state index is 10.1. The number of amides is 1. The second-order valence-corrected chi connectivity index (χ2v) is 4.15. The molecule has 1 atom stereocenters. The van der Waals surface area contributed by atoms with Crippen LogP contribution in [0.15, 0.2) is 24.3 Å². The third-order valence-electron chi connectivity index (χ3n) is 2.94. The summed E-state index contributed by atoms with van der Waals surface area (Å²) >= 11 is 0. The summed E-state index contributed by atoms with van der Waals surface area (Å²) in [6.45, 7) is 3.02. The zero-order chi connectivity index (χ0) is 11.9. The van der Waals surface area contributed by atoms with Gasteiger partial charge in [0.15, 0.2) is 0 Å². The maximum atomic E-state index is 10.1. The van der Waals surface area contributed by atoms with Crippen molar-refractivity contribution in [1.82, 2.24) is 10.6 Å². The second-order valence-electron chi connectivity index (χ2n) is 4.15. The number of hydrogen-bond donors (Lipinski definition) is 2. The number of benzene rings is 1.